The van der Waals surface area contributed by atoms with E-state index in [1.807, 2.05) is 0 Å². The zero-order valence-corrected chi connectivity index (χ0v) is 14.1. The predicted octanol–water partition coefficient (Wildman–Crippen LogP) is 3.20. The molecule has 23 heavy (non-hydrogen) atoms. The lowest BCUT2D eigenvalue weighted by Gasteiger charge is -2.09. The smallest absolute Gasteiger partial charge is 0.338 e. The third-order valence-electron chi connectivity index (χ3n) is 2.75. The summed E-state index contributed by atoms with van der Waals surface area (Å²) in [6.45, 7) is 2.48. The van der Waals surface area contributed by atoms with Crippen molar-refractivity contribution in [2.45, 2.75) is 6.92 Å². The maximum atomic E-state index is 11.6. The highest BCUT2D eigenvalue weighted by atomic mass is 79.9. The molecule has 1 aromatic heterocycles. The molecule has 7 heteroatoms. The van der Waals surface area contributed by atoms with E-state index >= 15 is 0 Å². The molecule has 2 N–H and O–H groups in total. The summed E-state index contributed by atoms with van der Waals surface area (Å²) in [6, 6.07) is 6.87. The Balaban J connectivity index is 2.10. The van der Waals surface area contributed by atoms with Crippen LogP contribution in [0.15, 0.2) is 34.9 Å². The van der Waals surface area contributed by atoms with Crippen molar-refractivity contribution in [3.05, 3.63) is 40.5 Å². The molecule has 6 nitrogen and oxygen atoms in total. The molecule has 0 unspecified atom stereocenters. The molecule has 118 valence electrons. The number of anilines is 3. The number of halogens is 1. The van der Waals surface area contributed by atoms with E-state index in [9.17, 15) is 4.79 Å². The summed E-state index contributed by atoms with van der Waals surface area (Å²) < 4.78 is 5.66. The second-order valence-electron chi connectivity index (χ2n) is 4.37. The third-order valence-corrected chi connectivity index (χ3v) is 3.33. The normalized spacial score (nSPS) is 9.78. The van der Waals surface area contributed by atoms with Gasteiger partial charge in [0.2, 0.25) is 5.95 Å². The molecular weight excluding hydrogens is 360 g/mol. The van der Waals surface area contributed by atoms with Gasteiger partial charge in [0, 0.05) is 11.9 Å². The highest BCUT2D eigenvalue weighted by Gasteiger charge is 2.07. The molecule has 0 atom stereocenters. The van der Waals surface area contributed by atoms with Gasteiger partial charge < -0.3 is 15.4 Å². The van der Waals surface area contributed by atoms with Crippen molar-refractivity contribution in [1.82, 2.24) is 9.97 Å². The minimum atomic E-state index is -0.347. The molecule has 0 aliphatic heterocycles. The number of nitrogens with one attached hydrogen (secondary N) is 2. The fourth-order valence-electron chi connectivity index (χ4n) is 1.72. The Morgan fingerprint density at radius 1 is 1.39 bits per heavy atom. The Morgan fingerprint density at radius 2 is 2.13 bits per heavy atom. The fraction of sp³-hybridized carbons (Fsp3) is 0.188. The molecular formula is C16H15BrN4O2. The number of rotatable bonds is 6. The molecule has 2 aromatic rings. The van der Waals surface area contributed by atoms with Crippen molar-refractivity contribution >= 4 is 39.4 Å². The van der Waals surface area contributed by atoms with Gasteiger partial charge in [0.1, 0.15) is 5.82 Å². The SMILES string of the molecule is C#CCNc1nc(Nc2ccc(C(=O)OCC)cc2)ncc1Br. The summed E-state index contributed by atoms with van der Waals surface area (Å²) in [5.74, 6) is 3.15. The van der Waals surface area contributed by atoms with Crippen LogP contribution in [0.5, 0.6) is 0 Å². The molecule has 1 aromatic carbocycles. The minimum absolute atomic E-state index is 0.346. The summed E-state index contributed by atoms with van der Waals surface area (Å²) in [5.41, 5.74) is 1.24. The van der Waals surface area contributed by atoms with E-state index in [4.69, 9.17) is 11.2 Å². The van der Waals surface area contributed by atoms with Crippen molar-refractivity contribution in [3.63, 3.8) is 0 Å². The van der Waals surface area contributed by atoms with Gasteiger partial charge in [0.15, 0.2) is 0 Å². The third kappa shape index (κ3) is 4.69. The average molecular weight is 375 g/mol. The number of nitrogens with zero attached hydrogens (tertiary/aromatic N) is 2. The highest BCUT2D eigenvalue weighted by molar-refractivity contribution is 9.10. The van der Waals surface area contributed by atoms with Gasteiger partial charge in [-0.3, -0.25) is 0 Å². The molecule has 0 amide bonds. The maximum Gasteiger partial charge on any atom is 0.338 e. The highest BCUT2D eigenvalue weighted by Crippen LogP contribution is 2.22. The van der Waals surface area contributed by atoms with Crippen LogP contribution in [0, 0.1) is 12.3 Å². The van der Waals surface area contributed by atoms with E-state index in [2.05, 4.69) is 42.5 Å². The average Bonchev–Trinajstić information content (AvgIpc) is 2.56. The second kappa shape index (κ2) is 8.15. The van der Waals surface area contributed by atoms with Crippen LogP contribution in [-0.4, -0.2) is 29.1 Å². The van der Waals surface area contributed by atoms with Crippen molar-refractivity contribution in [2.75, 3.05) is 23.8 Å². The zero-order valence-electron chi connectivity index (χ0n) is 12.5. The van der Waals surface area contributed by atoms with Crippen LogP contribution >= 0.6 is 15.9 Å². The summed E-state index contributed by atoms with van der Waals surface area (Å²) in [5, 5.41) is 6.05. The number of ether oxygens (including phenoxy) is 1. The van der Waals surface area contributed by atoms with E-state index in [-0.39, 0.29) is 5.97 Å². The summed E-state index contributed by atoms with van der Waals surface area (Å²) >= 11 is 3.35. The molecule has 0 bridgehead atoms. The lowest BCUT2D eigenvalue weighted by atomic mass is 10.2. The summed E-state index contributed by atoms with van der Waals surface area (Å²) in [4.78, 5) is 20.1. The van der Waals surface area contributed by atoms with Gasteiger partial charge in [-0.05, 0) is 47.1 Å². The molecule has 1 heterocycles. The molecule has 0 spiro atoms. The Kier molecular flexibility index (Phi) is 5.94. The molecule has 0 aliphatic rings. The quantitative estimate of drug-likeness (QED) is 0.597. The number of hydrogen-bond acceptors (Lipinski definition) is 6. The lowest BCUT2D eigenvalue weighted by molar-refractivity contribution is 0.0526. The van der Waals surface area contributed by atoms with Gasteiger partial charge in [-0.1, -0.05) is 5.92 Å². The van der Waals surface area contributed by atoms with Crippen molar-refractivity contribution in [3.8, 4) is 12.3 Å². The predicted molar refractivity (Wildman–Crippen MR) is 92.7 cm³/mol. The number of esters is 1. The largest absolute Gasteiger partial charge is 0.462 e. The molecule has 0 fully saturated rings. The van der Waals surface area contributed by atoms with E-state index in [0.29, 0.717) is 30.5 Å². The minimum Gasteiger partial charge on any atom is -0.462 e. The van der Waals surface area contributed by atoms with Gasteiger partial charge in [-0.2, -0.15) is 4.98 Å². The number of carbonyl (C=O) groups is 1. The van der Waals surface area contributed by atoms with Crippen LogP contribution < -0.4 is 10.6 Å². The van der Waals surface area contributed by atoms with E-state index in [0.717, 1.165) is 10.2 Å². The van der Waals surface area contributed by atoms with Crippen LogP contribution in [0.25, 0.3) is 0 Å². The Bertz CT molecular complexity index is 726. The van der Waals surface area contributed by atoms with Crippen molar-refractivity contribution in [2.24, 2.45) is 0 Å². The topological polar surface area (TPSA) is 76.1 Å². The van der Waals surface area contributed by atoms with Gasteiger partial charge in [-0.25, -0.2) is 9.78 Å². The molecule has 0 saturated heterocycles. The van der Waals surface area contributed by atoms with Crippen LogP contribution in [0.4, 0.5) is 17.5 Å². The monoisotopic (exact) mass is 374 g/mol. The first kappa shape index (κ1) is 16.8. The Hall–Kier alpha value is -2.59. The van der Waals surface area contributed by atoms with E-state index in [1.54, 1.807) is 37.4 Å². The number of hydrogen-bond donors (Lipinski definition) is 2. The Labute approximate surface area is 142 Å². The number of terminal acetylenes is 1. The Morgan fingerprint density at radius 3 is 2.78 bits per heavy atom. The standard InChI is InChI=1S/C16H15BrN4O2/c1-3-9-18-14-13(17)10-19-16(21-14)20-12-7-5-11(6-8-12)15(22)23-4-2/h1,5-8,10H,4,9H2,2H3,(H2,18,19,20,21). The maximum absolute atomic E-state index is 11.6. The lowest BCUT2D eigenvalue weighted by Crippen LogP contribution is -2.06. The first-order valence-corrected chi connectivity index (χ1v) is 7.67. The van der Waals surface area contributed by atoms with Crippen molar-refractivity contribution < 1.29 is 9.53 Å². The first-order chi connectivity index (χ1) is 11.1. The van der Waals surface area contributed by atoms with E-state index < -0.39 is 0 Å². The first-order valence-electron chi connectivity index (χ1n) is 6.88. The number of aromatic nitrogens is 2. The molecule has 0 radical (unpaired) electrons. The van der Waals surface area contributed by atoms with E-state index in [1.165, 1.54) is 0 Å². The summed E-state index contributed by atoms with van der Waals surface area (Å²) in [7, 11) is 0. The van der Waals surface area contributed by atoms with Gasteiger partial charge in [0.05, 0.1) is 23.2 Å². The van der Waals surface area contributed by atoms with Crippen LogP contribution in [-0.2, 0) is 4.74 Å². The molecule has 0 aliphatic carbocycles. The number of benzene rings is 1. The van der Waals surface area contributed by atoms with Crippen molar-refractivity contribution in [1.29, 1.82) is 0 Å². The second-order valence-corrected chi connectivity index (χ2v) is 5.22. The van der Waals surface area contributed by atoms with Gasteiger partial charge in [0.25, 0.3) is 0 Å². The fourth-order valence-corrected chi connectivity index (χ4v) is 2.05. The summed E-state index contributed by atoms with van der Waals surface area (Å²) in [6.07, 6.45) is 6.85. The van der Waals surface area contributed by atoms with Gasteiger partial charge in [-0.15, -0.1) is 6.42 Å². The van der Waals surface area contributed by atoms with Crippen LogP contribution in [0.1, 0.15) is 17.3 Å². The number of carbonyl (C=O) groups excluding carboxylic acids is 1. The molecule has 2 rings (SSSR count). The molecule has 0 saturated carbocycles. The zero-order chi connectivity index (χ0) is 16.7. The van der Waals surface area contributed by atoms with Gasteiger partial charge >= 0.3 is 5.97 Å². The van der Waals surface area contributed by atoms with Crippen LogP contribution in [0.3, 0.4) is 0 Å². The van der Waals surface area contributed by atoms with Crippen LogP contribution in [0.2, 0.25) is 0 Å².